The average molecular weight is 521 g/mol. The molecule has 6 rings (SSSR count). The van der Waals surface area contributed by atoms with Crippen LogP contribution in [0.1, 0.15) is 65.5 Å². The molecule has 0 heterocycles. The first-order valence-corrected chi connectivity index (χ1v) is 15.5. The molecule has 0 heteroatoms. The van der Waals surface area contributed by atoms with E-state index >= 15 is 0 Å². The van der Waals surface area contributed by atoms with Crippen LogP contribution in [-0.2, 0) is 12.8 Å². The smallest absolute Gasteiger partial charge is 0.0133 e. The van der Waals surface area contributed by atoms with Crippen LogP contribution in [0.4, 0.5) is 0 Å². The van der Waals surface area contributed by atoms with Gasteiger partial charge in [0.25, 0.3) is 0 Å². The second kappa shape index (κ2) is 13.6. The molecular formula is C39H52. The summed E-state index contributed by atoms with van der Waals surface area (Å²) in [5, 5.41) is 0. The molecule has 0 radical (unpaired) electrons. The van der Waals surface area contributed by atoms with Gasteiger partial charge in [0.15, 0.2) is 0 Å². The Morgan fingerprint density at radius 3 is 1.15 bits per heavy atom. The first-order chi connectivity index (χ1) is 18.7. The standard InChI is InChI=1S/2C17H20.C5H12/c2*1-13-11-15(12-14-7-3-2-4-8-14)17-10-6-5-9-16(13)17;1-5(2,3)4/h2*2-10,13,15-17H,11-12H2,1H3;1-4H3. The van der Waals surface area contributed by atoms with E-state index < -0.39 is 0 Å². The number of hydrogen-bond donors (Lipinski definition) is 0. The molecule has 39 heavy (non-hydrogen) atoms. The Morgan fingerprint density at radius 2 is 0.821 bits per heavy atom. The lowest BCUT2D eigenvalue weighted by Crippen LogP contribution is -2.16. The van der Waals surface area contributed by atoms with Gasteiger partial charge < -0.3 is 0 Å². The van der Waals surface area contributed by atoms with Gasteiger partial charge in [-0.3, -0.25) is 0 Å². The Hall–Kier alpha value is -2.60. The van der Waals surface area contributed by atoms with Crippen LogP contribution in [0.3, 0.4) is 0 Å². The topological polar surface area (TPSA) is 0 Å². The first-order valence-electron chi connectivity index (χ1n) is 15.5. The lowest BCUT2D eigenvalue weighted by atomic mass is 9.82. The Bertz CT molecular complexity index is 1020. The monoisotopic (exact) mass is 520 g/mol. The summed E-state index contributed by atoms with van der Waals surface area (Å²) in [5.41, 5.74) is 3.49. The van der Waals surface area contributed by atoms with Crippen LogP contribution in [0.2, 0.25) is 0 Å². The summed E-state index contributed by atoms with van der Waals surface area (Å²) in [4.78, 5) is 0. The van der Waals surface area contributed by atoms with Gasteiger partial charge in [-0.25, -0.2) is 0 Å². The minimum absolute atomic E-state index is 0.500. The van der Waals surface area contributed by atoms with Gasteiger partial charge in [-0.1, -0.05) is 151 Å². The van der Waals surface area contributed by atoms with E-state index in [1.54, 1.807) is 0 Å². The van der Waals surface area contributed by atoms with Gasteiger partial charge in [0.2, 0.25) is 0 Å². The molecule has 208 valence electrons. The summed E-state index contributed by atoms with van der Waals surface area (Å²) in [7, 11) is 0. The van der Waals surface area contributed by atoms with Gasteiger partial charge in [-0.05, 0) is 89.6 Å². The van der Waals surface area contributed by atoms with E-state index in [9.17, 15) is 0 Å². The first kappa shape index (κ1) is 29.4. The minimum atomic E-state index is 0.500. The van der Waals surface area contributed by atoms with Crippen molar-refractivity contribution >= 4 is 0 Å². The van der Waals surface area contributed by atoms with Crippen LogP contribution < -0.4 is 0 Å². The third-order valence-electron chi connectivity index (χ3n) is 8.88. The van der Waals surface area contributed by atoms with Gasteiger partial charge in [0.05, 0.1) is 0 Å². The highest BCUT2D eigenvalue weighted by molar-refractivity contribution is 5.23. The van der Waals surface area contributed by atoms with E-state index in [-0.39, 0.29) is 0 Å². The van der Waals surface area contributed by atoms with Crippen molar-refractivity contribution in [3.63, 3.8) is 0 Å². The molecule has 2 saturated carbocycles. The van der Waals surface area contributed by atoms with Gasteiger partial charge in [0.1, 0.15) is 0 Å². The van der Waals surface area contributed by atoms with Crippen molar-refractivity contribution in [1.29, 1.82) is 0 Å². The van der Waals surface area contributed by atoms with E-state index in [2.05, 4.69) is 151 Å². The summed E-state index contributed by atoms with van der Waals surface area (Å²) < 4.78 is 0. The van der Waals surface area contributed by atoms with Crippen LogP contribution in [0, 0.1) is 52.8 Å². The predicted molar refractivity (Wildman–Crippen MR) is 170 cm³/mol. The molecule has 0 aromatic heterocycles. The van der Waals surface area contributed by atoms with Gasteiger partial charge in [-0.15, -0.1) is 0 Å². The van der Waals surface area contributed by atoms with Crippen LogP contribution >= 0.6 is 0 Å². The Morgan fingerprint density at radius 1 is 0.513 bits per heavy atom. The van der Waals surface area contributed by atoms with E-state index in [0.717, 1.165) is 47.3 Å². The van der Waals surface area contributed by atoms with E-state index in [4.69, 9.17) is 0 Å². The molecule has 8 unspecified atom stereocenters. The number of allylic oxidation sites excluding steroid dienone is 8. The molecule has 0 N–H and O–H groups in total. The van der Waals surface area contributed by atoms with Gasteiger partial charge in [0, 0.05) is 0 Å². The summed E-state index contributed by atoms with van der Waals surface area (Å²) >= 11 is 0. The lowest BCUT2D eigenvalue weighted by molar-refractivity contribution is 0.408. The highest BCUT2D eigenvalue weighted by Crippen LogP contribution is 2.46. The number of hydrogen-bond acceptors (Lipinski definition) is 0. The summed E-state index contributed by atoms with van der Waals surface area (Å²) in [6, 6.07) is 21.9. The zero-order valence-corrected chi connectivity index (χ0v) is 25.3. The summed E-state index contributed by atoms with van der Waals surface area (Å²) in [6.45, 7) is 13.6. The Kier molecular flexibility index (Phi) is 10.3. The fraction of sp³-hybridized carbons (Fsp3) is 0.487. The maximum absolute atomic E-state index is 2.43. The Labute approximate surface area is 240 Å². The van der Waals surface area contributed by atoms with Gasteiger partial charge >= 0.3 is 0 Å². The zero-order valence-electron chi connectivity index (χ0n) is 25.3. The van der Waals surface area contributed by atoms with Crippen molar-refractivity contribution in [2.75, 3.05) is 0 Å². The average Bonchev–Trinajstić information content (AvgIpc) is 3.41. The van der Waals surface area contributed by atoms with Crippen LogP contribution in [0.25, 0.3) is 0 Å². The molecular weight excluding hydrogens is 468 g/mol. The SMILES string of the molecule is CC(C)(C)C.CC1CC(Cc2ccccc2)C2C=CC=CC12.CC1CC(Cc2ccccc2)C2C=CC=CC12. The second-order valence-corrected chi connectivity index (χ2v) is 14.2. The second-order valence-electron chi connectivity index (χ2n) is 14.2. The fourth-order valence-electron chi connectivity index (χ4n) is 7.22. The molecule has 2 fully saturated rings. The van der Waals surface area contributed by atoms with Gasteiger partial charge in [-0.2, -0.15) is 0 Å². The number of fused-ring (bicyclic) bond motifs is 2. The van der Waals surface area contributed by atoms with Crippen LogP contribution in [0.15, 0.2) is 109 Å². The maximum Gasteiger partial charge on any atom is -0.0133 e. The molecule has 4 aliphatic carbocycles. The summed E-state index contributed by atoms with van der Waals surface area (Å²) in [6.07, 6.45) is 23.8. The van der Waals surface area contributed by atoms with Crippen LogP contribution in [-0.4, -0.2) is 0 Å². The normalized spacial score (nSPS) is 31.9. The zero-order chi connectivity index (χ0) is 27.8. The maximum atomic E-state index is 2.43. The molecule has 0 spiro atoms. The molecule has 2 aromatic rings. The van der Waals surface area contributed by atoms with Crippen molar-refractivity contribution in [3.05, 3.63) is 120 Å². The van der Waals surface area contributed by atoms with Crippen molar-refractivity contribution in [3.8, 4) is 0 Å². The number of rotatable bonds is 4. The molecule has 4 aliphatic rings. The van der Waals surface area contributed by atoms with Crippen molar-refractivity contribution in [1.82, 2.24) is 0 Å². The van der Waals surface area contributed by atoms with Crippen molar-refractivity contribution in [2.45, 2.75) is 67.2 Å². The molecule has 0 bridgehead atoms. The predicted octanol–water partition coefficient (Wildman–Crippen LogP) is 10.5. The molecule has 0 amide bonds. The molecule has 0 aliphatic heterocycles. The largest absolute Gasteiger partial charge is 0.0806 e. The Balaban J connectivity index is 0.000000155. The highest BCUT2D eigenvalue weighted by Gasteiger charge is 2.39. The van der Waals surface area contributed by atoms with E-state index in [0.29, 0.717) is 5.41 Å². The van der Waals surface area contributed by atoms with E-state index in [1.807, 2.05) is 0 Å². The van der Waals surface area contributed by atoms with Crippen molar-refractivity contribution in [2.24, 2.45) is 52.8 Å². The van der Waals surface area contributed by atoms with E-state index in [1.165, 1.54) is 36.8 Å². The highest BCUT2D eigenvalue weighted by atomic mass is 14.4. The van der Waals surface area contributed by atoms with Crippen molar-refractivity contribution < 1.29 is 0 Å². The summed E-state index contributed by atoms with van der Waals surface area (Å²) in [5.74, 6) is 6.47. The number of benzene rings is 2. The third kappa shape index (κ3) is 8.69. The molecule has 0 saturated heterocycles. The molecule has 2 aromatic carbocycles. The quantitative estimate of drug-likeness (QED) is 0.376. The van der Waals surface area contributed by atoms with Crippen LogP contribution in [0.5, 0.6) is 0 Å². The molecule has 0 nitrogen and oxygen atoms in total. The third-order valence-corrected chi connectivity index (χ3v) is 8.88. The molecule has 8 atom stereocenters. The minimum Gasteiger partial charge on any atom is -0.0806 e. The lowest BCUT2D eigenvalue weighted by Gasteiger charge is -2.22. The fourth-order valence-corrected chi connectivity index (χ4v) is 7.22.